The highest BCUT2D eigenvalue weighted by atomic mass is 32.2. The molecule has 1 aliphatic carbocycles. The first-order valence-corrected chi connectivity index (χ1v) is 14.8. The van der Waals surface area contributed by atoms with Crippen molar-refractivity contribution >= 4 is 21.8 Å². The van der Waals surface area contributed by atoms with Crippen LogP contribution in [0.4, 0.5) is 0 Å². The molecule has 4 atom stereocenters. The first kappa shape index (κ1) is 25.4. The first-order chi connectivity index (χ1) is 17.3. The zero-order chi connectivity index (χ0) is 25.3. The van der Waals surface area contributed by atoms with E-state index in [0.717, 1.165) is 19.3 Å². The lowest BCUT2D eigenvalue weighted by molar-refractivity contribution is -0.129. The Balaban J connectivity index is 1.41. The van der Waals surface area contributed by atoms with Gasteiger partial charge in [-0.1, -0.05) is 12.1 Å². The van der Waals surface area contributed by atoms with Crippen molar-refractivity contribution < 1.29 is 27.5 Å². The van der Waals surface area contributed by atoms with Gasteiger partial charge >= 0.3 is 0 Å². The fourth-order valence-electron chi connectivity index (χ4n) is 5.46. The number of sulfonamides is 1. The molecule has 3 heterocycles. The van der Waals surface area contributed by atoms with E-state index in [4.69, 9.17) is 9.47 Å². The van der Waals surface area contributed by atoms with Gasteiger partial charge in [-0.25, -0.2) is 13.1 Å². The van der Waals surface area contributed by atoms with Gasteiger partial charge in [0.05, 0.1) is 30.6 Å². The Hall–Kier alpha value is -2.21. The van der Waals surface area contributed by atoms with Crippen LogP contribution in [0, 0.1) is 5.92 Å². The molecule has 2 saturated heterocycles. The Morgan fingerprint density at radius 1 is 1.08 bits per heavy atom. The van der Waals surface area contributed by atoms with E-state index in [1.165, 1.54) is 12.8 Å². The fourth-order valence-corrected chi connectivity index (χ4v) is 6.28. The third-order valence-electron chi connectivity index (χ3n) is 7.51. The molecule has 36 heavy (non-hydrogen) atoms. The summed E-state index contributed by atoms with van der Waals surface area (Å²) in [6.45, 7) is 3.13. The summed E-state index contributed by atoms with van der Waals surface area (Å²) in [6, 6.07) is 6.10. The Morgan fingerprint density at radius 2 is 1.89 bits per heavy atom. The van der Waals surface area contributed by atoms with Gasteiger partial charge in [0.15, 0.2) is 0 Å². The second kappa shape index (κ2) is 10.6. The Kier molecular flexibility index (Phi) is 7.52. The lowest BCUT2D eigenvalue weighted by atomic mass is 9.97. The maximum Gasteiger partial charge on any atom is 0.258 e. The molecule has 1 aromatic carbocycles. The molecule has 2 amide bonds. The summed E-state index contributed by atoms with van der Waals surface area (Å²) in [6.07, 6.45) is 4.81. The van der Waals surface area contributed by atoms with Crippen molar-refractivity contribution in [2.45, 2.75) is 56.4 Å². The molecule has 3 fully saturated rings. The van der Waals surface area contributed by atoms with E-state index in [1.807, 2.05) is 12.1 Å². The summed E-state index contributed by atoms with van der Waals surface area (Å²) in [5, 5.41) is 2.99. The predicted molar refractivity (Wildman–Crippen MR) is 133 cm³/mol. The van der Waals surface area contributed by atoms with Crippen molar-refractivity contribution in [3.8, 4) is 5.75 Å². The molecule has 11 heteroatoms. The highest BCUT2D eigenvalue weighted by molar-refractivity contribution is 7.88. The van der Waals surface area contributed by atoms with Gasteiger partial charge in [0.1, 0.15) is 11.8 Å². The van der Waals surface area contributed by atoms with Crippen LogP contribution >= 0.6 is 0 Å². The highest BCUT2D eigenvalue weighted by Gasteiger charge is 2.39. The number of hydrogen-bond acceptors (Lipinski definition) is 7. The molecule has 5 rings (SSSR count). The normalized spacial score (nSPS) is 30.4. The quantitative estimate of drug-likeness (QED) is 0.597. The molecule has 1 saturated carbocycles. The van der Waals surface area contributed by atoms with Crippen molar-refractivity contribution in [3.63, 3.8) is 0 Å². The number of nitrogens with zero attached hydrogens (tertiary/aromatic N) is 2. The molecule has 3 aliphatic heterocycles. The van der Waals surface area contributed by atoms with Gasteiger partial charge in [0, 0.05) is 45.2 Å². The van der Waals surface area contributed by atoms with E-state index in [2.05, 4.69) is 14.9 Å². The summed E-state index contributed by atoms with van der Waals surface area (Å²) >= 11 is 0. The first-order valence-electron chi connectivity index (χ1n) is 12.9. The number of hydrogen-bond donors (Lipinski definition) is 2. The summed E-state index contributed by atoms with van der Waals surface area (Å²) in [7, 11) is -3.43. The average molecular weight is 521 g/mol. The molecular weight excluding hydrogens is 484 g/mol. The third-order valence-corrected chi connectivity index (χ3v) is 8.25. The smallest absolute Gasteiger partial charge is 0.258 e. The molecule has 0 aromatic heterocycles. The van der Waals surface area contributed by atoms with Crippen LogP contribution in [0.2, 0.25) is 0 Å². The van der Waals surface area contributed by atoms with Crippen LogP contribution in [0.3, 0.4) is 0 Å². The van der Waals surface area contributed by atoms with Crippen molar-refractivity contribution in [1.82, 2.24) is 19.8 Å². The van der Waals surface area contributed by atoms with Gasteiger partial charge in [-0.05, 0) is 43.7 Å². The van der Waals surface area contributed by atoms with E-state index < -0.39 is 28.2 Å². The average Bonchev–Trinajstić information content (AvgIpc) is 3.66. The van der Waals surface area contributed by atoms with Gasteiger partial charge in [-0.3, -0.25) is 14.5 Å². The van der Waals surface area contributed by atoms with Crippen LogP contribution in [0.15, 0.2) is 24.3 Å². The molecule has 10 nitrogen and oxygen atoms in total. The number of benzene rings is 1. The molecule has 2 bridgehead atoms. The van der Waals surface area contributed by atoms with E-state index in [0.29, 0.717) is 56.2 Å². The van der Waals surface area contributed by atoms with E-state index in [9.17, 15) is 18.0 Å². The number of carbonyl (C=O) groups is 2. The number of para-hydroxylation sites is 1. The third kappa shape index (κ3) is 6.19. The van der Waals surface area contributed by atoms with Crippen molar-refractivity contribution in [2.75, 3.05) is 45.6 Å². The zero-order valence-corrected chi connectivity index (χ0v) is 21.5. The van der Waals surface area contributed by atoms with Crippen molar-refractivity contribution in [3.05, 3.63) is 29.8 Å². The maximum atomic E-state index is 13.7. The number of fused-ring (bicyclic) bond motifs is 4. The summed E-state index contributed by atoms with van der Waals surface area (Å²) < 4.78 is 38.8. The lowest BCUT2D eigenvalue weighted by Crippen LogP contribution is -2.62. The fraction of sp³-hybridized carbons (Fsp3) is 0.680. The SMILES string of the molecule is CS(=O)(=O)N[C@@H]1CC[C@H]2CCOc3ccccc3C(=O)N3CCN(CC4CC4)C[C@H]3C(=O)NC[C@H]1O2. The topological polar surface area (TPSA) is 117 Å². The standard InChI is InChI=1S/C25H36N4O6S/c1-36(32,33)27-20-9-8-18-10-13-34-22-5-3-2-4-19(22)25(31)29-12-11-28(15-17-6-7-17)16-21(29)24(30)26-14-23(20)35-18/h2-5,17-18,20-21,23,27H,6-16H2,1H3,(H,26,30)/t18-,20+,21-,23+/m0/s1. The van der Waals surface area contributed by atoms with E-state index >= 15 is 0 Å². The number of carbonyl (C=O) groups excluding carboxylic acids is 2. The molecule has 198 valence electrons. The molecule has 1 aromatic rings. The maximum absolute atomic E-state index is 13.7. The van der Waals surface area contributed by atoms with Crippen LogP contribution in [0.25, 0.3) is 0 Å². The molecule has 2 N–H and O–H groups in total. The summed E-state index contributed by atoms with van der Waals surface area (Å²) in [5.74, 6) is 0.728. The molecular formula is C25H36N4O6S. The Morgan fingerprint density at radius 3 is 2.67 bits per heavy atom. The minimum absolute atomic E-state index is 0.129. The predicted octanol–water partition coefficient (Wildman–Crippen LogP) is 0.587. The second-order valence-corrected chi connectivity index (χ2v) is 12.2. The van der Waals surface area contributed by atoms with Gasteiger partial charge in [-0.2, -0.15) is 0 Å². The van der Waals surface area contributed by atoms with E-state index in [-0.39, 0.29) is 24.5 Å². The number of amides is 2. The zero-order valence-electron chi connectivity index (χ0n) is 20.7. The monoisotopic (exact) mass is 520 g/mol. The largest absolute Gasteiger partial charge is 0.493 e. The van der Waals surface area contributed by atoms with Crippen molar-refractivity contribution in [2.24, 2.45) is 5.92 Å². The number of rotatable bonds is 4. The summed E-state index contributed by atoms with van der Waals surface area (Å²) in [5.41, 5.74) is 0.461. The summed E-state index contributed by atoms with van der Waals surface area (Å²) in [4.78, 5) is 31.1. The molecule has 0 radical (unpaired) electrons. The molecule has 0 unspecified atom stereocenters. The number of piperazine rings is 1. The van der Waals surface area contributed by atoms with Crippen LogP contribution in [-0.4, -0.2) is 99.9 Å². The molecule has 0 spiro atoms. The minimum atomic E-state index is -3.43. The van der Waals surface area contributed by atoms with Crippen LogP contribution in [0.1, 0.15) is 42.5 Å². The number of ether oxygens (including phenoxy) is 2. The van der Waals surface area contributed by atoms with Gasteiger partial charge in [-0.15, -0.1) is 0 Å². The van der Waals surface area contributed by atoms with Gasteiger partial charge in [0.2, 0.25) is 15.9 Å². The number of nitrogens with one attached hydrogen (secondary N) is 2. The van der Waals surface area contributed by atoms with Crippen LogP contribution < -0.4 is 14.8 Å². The Bertz CT molecular complexity index is 1080. The van der Waals surface area contributed by atoms with E-state index in [1.54, 1.807) is 17.0 Å². The minimum Gasteiger partial charge on any atom is -0.493 e. The van der Waals surface area contributed by atoms with Crippen LogP contribution in [0.5, 0.6) is 5.75 Å². The van der Waals surface area contributed by atoms with Crippen LogP contribution in [-0.2, 0) is 19.6 Å². The van der Waals surface area contributed by atoms with Crippen molar-refractivity contribution in [1.29, 1.82) is 0 Å². The molecule has 4 aliphatic rings. The van der Waals surface area contributed by atoms with Gasteiger partial charge in [0.25, 0.3) is 5.91 Å². The Labute approximate surface area is 212 Å². The lowest BCUT2D eigenvalue weighted by Gasteiger charge is -2.42. The van der Waals surface area contributed by atoms with Gasteiger partial charge < -0.3 is 19.7 Å². The highest BCUT2D eigenvalue weighted by Crippen LogP contribution is 2.31. The second-order valence-electron chi connectivity index (χ2n) is 10.5.